The van der Waals surface area contributed by atoms with Crippen molar-refractivity contribution in [3.8, 4) is 17.2 Å². The van der Waals surface area contributed by atoms with Crippen LogP contribution in [0.25, 0.3) is 0 Å². The summed E-state index contributed by atoms with van der Waals surface area (Å²) >= 11 is 1.34. The maximum absolute atomic E-state index is 13.8. The average molecular weight is 553 g/mol. The Bertz CT molecular complexity index is 1150. The number of rotatable bonds is 13. The lowest BCUT2D eigenvalue weighted by Crippen LogP contribution is -2.50. The summed E-state index contributed by atoms with van der Waals surface area (Å²) in [4.78, 5) is 14.4. The zero-order valence-corrected chi connectivity index (χ0v) is 25.2. The van der Waals surface area contributed by atoms with E-state index in [-0.39, 0.29) is 18.3 Å². The van der Waals surface area contributed by atoms with Gasteiger partial charge in [0.05, 0.1) is 10.1 Å². The Balaban J connectivity index is 1.94. The zero-order valence-electron chi connectivity index (χ0n) is 23.4. The van der Waals surface area contributed by atoms with Crippen molar-refractivity contribution in [1.82, 2.24) is 0 Å². The standard InChI is InChI=1S/C31H40O5SSi/c1-21(2)38(22(3)4,23(5)6)36-27-18-14-25(15-19-27)31(37-29-11-9-8-10-28(29)32)30(33)24-12-16-26(17-13-24)35-20-34-7/h8-19,21-23,31-32H,20H2,1-7H3. The monoisotopic (exact) mass is 552 g/mol. The van der Waals surface area contributed by atoms with Crippen LogP contribution in [-0.4, -0.2) is 33.1 Å². The molecule has 0 fully saturated rings. The van der Waals surface area contributed by atoms with Gasteiger partial charge in [-0.15, -0.1) is 11.8 Å². The van der Waals surface area contributed by atoms with E-state index in [9.17, 15) is 9.90 Å². The molecule has 204 valence electrons. The fourth-order valence-electron chi connectivity index (χ4n) is 5.22. The number of phenolic OH excluding ortho intramolecular Hbond substituents is 1. The molecule has 0 saturated carbocycles. The maximum Gasteiger partial charge on any atom is 0.258 e. The first-order valence-corrected chi connectivity index (χ1v) is 16.1. The molecule has 3 aromatic rings. The van der Waals surface area contributed by atoms with Crippen LogP contribution in [0.15, 0.2) is 77.7 Å². The van der Waals surface area contributed by atoms with E-state index in [1.807, 2.05) is 36.4 Å². The minimum absolute atomic E-state index is 0.0551. The second kappa shape index (κ2) is 13.4. The molecule has 0 saturated heterocycles. The van der Waals surface area contributed by atoms with Gasteiger partial charge in [0.2, 0.25) is 0 Å². The smallest absolute Gasteiger partial charge is 0.258 e. The fourth-order valence-corrected chi connectivity index (χ4v) is 11.6. The number of aromatic hydroxyl groups is 1. The second-order valence-corrected chi connectivity index (χ2v) is 16.9. The first-order chi connectivity index (χ1) is 18.1. The van der Waals surface area contributed by atoms with Gasteiger partial charge in [-0.2, -0.15) is 0 Å². The van der Waals surface area contributed by atoms with Crippen molar-refractivity contribution in [2.45, 2.75) is 68.3 Å². The number of phenols is 1. The molecule has 5 nitrogen and oxygen atoms in total. The van der Waals surface area contributed by atoms with Crippen molar-refractivity contribution in [2.24, 2.45) is 0 Å². The molecule has 0 aliphatic rings. The van der Waals surface area contributed by atoms with Crippen LogP contribution < -0.4 is 9.16 Å². The highest BCUT2D eigenvalue weighted by Crippen LogP contribution is 2.44. The van der Waals surface area contributed by atoms with Crippen LogP contribution in [0.5, 0.6) is 17.2 Å². The van der Waals surface area contributed by atoms with Gasteiger partial charge in [0.15, 0.2) is 12.6 Å². The van der Waals surface area contributed by atoms with E-state index in [1.54, 1.807) is 43.5 Å². The van der Waals surface area contributed by atoms with Crippen LogP contribution in [0, 0.1) is 0 Å². The van der Waals surface area contributed by atoms with Crippen molar-refractivity contribution >= 4 is 25.9 Å². The topological polar surface area (TPSA) is 65.0 Å². The third-order valence-corrected chi connectivity index (χ3v) is 14.3. The maximum atomic E-state index is 13.8. The highest BCUT2D eigenvalue weighted by Gasteiger charge is 2.47. The summed E-state index contributed by atoms with van der Waals surface area (Å²) in [6.07, 6.45) is 0. The third kappa shape index (κ3) is 6.82. The molecule has 0 aliphatic carbocycles. The lowest BCUT2D eigenvalue weighted by atomic mass is 10.0. The molecule has 38 heavy (non-hydrogen) atoms. The largest absolute Gasteiger partial charge is 0.543 e. The van der Waals surface area contributed by atoms with Crippen LogP contribution in [-0.2, 0) is 4.74 Å². The molecule has 0 radical (unpaired) electrons. The fraction of sp³-hybridized carbons (Fsp3) is 0.387. The minimum atomic E-state index is -2.10. The Morgan fingerprint density at radius 1 is 0.816 bits per heavy atom. The highest BCUT2D eigenvalue weighted by molar-refractivity contribution is 8.00. The number of hydrogen-bond acceptors (Lipinski definition) is 6. The average Bonchev–Trinajstić information content (AvgIpc) is 2.90. The summed E-state index contributed by atoms with van der Waals surface area (Å²) in [5.41, 5.74) is 2.80. The molecule has 0 heterocycles. The number of ketones is 1. The highest BCUT2D eigenvalue weighted by atomic mass is 32.2. The Kier molecular flexibility index (Phi) is 10.5. The van der Waals surface area contributed by atoms with E-state index in [4.69, 9.17) is 13.9 Å². The number of benzene rings is 3. The zero-order chi connectivity index (χ0) is 27.9. The van der Waals surface area contributed by atoms with Crippen molar-refractivity contribution in [1.29, 1.82) is 0 Å². The number of thioether (sulfide) groups is 1. The number of Topliss-reactive ketones (excluding diaryl/α,β-unsaturated/α-hetero) is 1. The van der Waals surface area contributed by atoms with Crippen molar-refractivity contribution in [3.05, 3.63) is 83.9 Å². The number of para-hydroxylation sites is 1. The Labute approximate surface area is 232 Å². The normalized spacial score (nSPS) is 12.7. The van der Waals surface area contributed by atoms with Gasteiger partial charge in [0.1, 0.15) is 17.2 Å². The summed E-state index contributed by atoms with van der Waals surface area (Å²) in [7, 11) is -0.536. The second-order valence-electron chi connectivity index (χ2n) is 10.4. The predicted octanol–water partition coefficient (Wildman–Crippen LogP) is 8.65. The van der Waals surface area contributed by atoms with E-state index >= 15 is 0 Å². The van der Waals surface area contributed by atoms with E-state index in [0.717, 1.165) is 11.3 Å². The third-order valence-electron chi connectivity index (χ3n) is 7.02. The molecule has 1 N–H and O–H groups in total. The summed E-state index contributed by atoms with van der Waals surface area (Å²) in [6, 6.07) is 22.1. The van der Waals surface area contributed by atoms with E-state index in [2.05, 4.69) is 41.5 Å². The minimum Gasteiger partial charge on any atom is -0.543 e. The van der Waals surface area contributed by atoms with E-state index in [1.165, 1.54) is 11.8 Å². The number of carbonyl (C=O) groups excluding carboxylic acids is 1. The quantitative estimate of drug-likeness (QED) is 0.0991. The first-order valence-electron chi connectivity index (χ1n) is 13.1. The number of hydrogen-bond donors (Lipinski definition) is 1. The summed E-state index contributed by atoms with van der Waals surface area (Å²) in [5, 5.41) is 9.88. The van der Waals surface area contributed by atoms with Crippen molar-refractivity contribution in [2.75, 3.05) is 13.9 Å². The van der Waals surface area contributed by atoms with Crippen molar-refractivity contribution < 1.29 is 23.8 Å². The van der Waals surface area contributed by atoms with Gasteiger partial charge < -0.3 is 19.0 Å². The Morgan fingerprint density at radius 2 is 1.37 bits per heavy atom. The molecular formula is C31H40O5SSi. The lowest BCUT2D eigenvalue weighted by Gasteiger charge is -2.42. The van der Waals surface area contributed by atoms with Crippen LogP contribution >= 0.6 is 11.8 Å². The van der Waals surface area contributed by atoms with E-state index < -0.39 is 13.6 Å². The number of methoxy groups -OCH3 is 1. The SMILES string of the molecule is COCOc1ccc(C(=O)C(Sc2ccccc2O)c2ccc(O[Si](C(C)C)(C(C)C)C(C)C)cc2)cc1. The molecule has 0 aromatic heterocycles. The molecule has 3 rings (SSSR count). The molecule has 0 spiro atoms. The lowest BCUT2D eigenvalue weighted by molar-refractivity contribution is 0.0511. The van der Waals surface area contributed by atoms with Gasteiger partial charge in [0, 0.05) is 12.7 Å². The number of ether oxygens (including phenoxy) is 2. The van der Waals surface area contributed by atoms with Gasteiger partial charge in [-0.1, -0.05) is 65.8 Å². The van der Waals surface area contributed by atoms with Gasteiger partial charge in [-0.25, -0.2) is 0 Å². The molecular weight excluding hydrogens is 512 g/mol. The number of carbonyl (C=O) groups is 1. The van der Waals surface area contributed by atoms with Crippen molar-refractivity contribution in [3.63, 3.8) is 0 Å². The molecule has 0 amide bonds. The summed E-state index contributed by atoms with van der Waals surface area (Å²) < 4.78 is 17.3. The summed E-state index contributed by atoms with van der Waals surface area (Å²) in [5.74, 6) is 1.57. The molecule has 0 aliphatic heterocycles. The van der Waals surface area contributed by atoms with Crippen LogP contribution in [0.4, 0.5) is 0 Å². The van der Waals surface area contributed by atoms with Crippen LogP contribution in [0.1, 0.15) is 62.7 Å². The van der Waals surface area contributed by atoms with Gasteiger partial charge in [-0.05, 0) is 70.7 Å². The summed E-state index contributed by atoms with van der Waals surface area (Å²) in [6.45, 7) is 13.7. The Hall–Kier alpha value is -2.74. The van der Waals surface area contributed by atoms with Gasteiger partial charge in [0.25, 0.3) is 8.32 Å². The molecule has 0 bridgehead atoms. The van der Waals surface area contributed by atoms with Crippen LogP contribution in [0.3, 0.4) is 0 Å². The molecule has 7 heteroatoms. The van der Waals surface area contributed by atoms with Gasteiger partial charge >= 0.3 is 0 Å². The molecule has 3 aromatic carbocycles. The van der Waals surface area contributed by atoms with E-state index in [0.29, 0.717) is 32.8 Å². The molecule has 1 unspecified atom stereocenters. The molecule has 1 atom stereocenters. The predicted molar refractivity (Wildman–Crippen MR) is 158 cm³/mol. The first kappa shape index (κ1) is 29.8. The van der Waals surface area contributed by atoms with Crippen LogP contribution in [0.2, 0.25) is 16.6 Å². The Morgan fingerprint density at radius 3 is 1.89 bits per heavy atom. The van der Waals surface area contributed by atoms with Gasteiger partial charge in [-0.3, -0.25) is 4.79 Å².